The zero-order valence-corrected chi connectivity index (χ0v) is 16.0. The van der Waals surface area contributed by atoms with Crippen molar-refractivity contribution in [3.63, 3.8) is 0 Å². The fourth-order valence-corrected chi connectivity index (χ4v) is 4.01. The molecular formula is C22H25NO4. The van der Waals surface area contributed by atoms with Crippen LogP contribution in [0.5, 0.6) is 0 Å². The van der Waals surface area contributed by atoms with E-state index in [-0.39, 0.29) is 17.6 Å². The summed E-state index contributed by atoms with van der Waals surface area (Å²) in [6.45, 7) is 13.1. The Bertz CT molecular complexity index is 821. The highest BCUT2D eigenvalue weighted by Crippen LogP contribution is 2.49. The Balaban J connectivity index is 3.00. The van der Waals surface area contributed by atoms with E-state index in [1.807, 2.05) is 19.1 Å². The molecule has 1 aromatic carbocycles. The van der Waals surface area contributed by atoms with Crippen molar-refractivity contribution >= 4 is 11.9 Å². The average Bonchev–Trinajstić information content (AvgIpc) is 2.58. The normalized spacial score (nSPS) is 16.3. The molecule has 5 heteroatoms. The van der Waals surface area contributed by atoms with Gasteiger partial charge in [-0.25, -0.2) is 9.59 Å². The lowest BCUT2D eigenvalue weighted by Gasteiger charge is -2.44. The Hall–Kier alpha value is -3.08. The minimum atomic E-state index is -1.32. The Morgan fingerprint density at radius 2 is 1.44 bits per heavy atom. The van der Waals surface area contributed by atoms with E-state index in [9.17, 15) is 19.8 Å². The molecule has 0 amide bonds. The Morgan fingerprint density at radius 1 is 0.963 bits per heavy atom. The van der Waals surface area contributed by atoms with Gasteiger partial charge in [0.25, 0.3) is 0 Å². The van der Waals surface area contributed by atoms with E-state index < -0.39 is 17.4 Å². The smallest absolute Gasteiger partial charge is 0.334 e. The summed E-state index contributed by atoms with van der Waals surface area (Å²) in [5.41, 5.74) is 1.43. The van der Waals surface area contributed by atoms with E-state index in [2.05, 4.69) is 13.2 Å². The maximum absolute atomic E-state index is 12.4. The molecular weight excluding hydrogens is 342 g/mol. The maximum Gasteiger partial charge on any atom is 0.334 e. The Kier molecular flexibility index (Phi) is 5.74. The molecule has 142 valence electrons. The van der Waals surface area contributed by atoms with Crippen molar-refractivity contribution in [1.82, 2.24) is 4.90 Å². The van der Waals surface area contributed by atoms with Crippen LogP contribution in [0.2, 0.25) is 0 Å². The summed E-state index contributed by atoms with van der Waals surface area (Å²) in [5.74, 6) is -2.29. The zero-order valence-electron chi connectivity index (χ0n) is 16.0. The fraction of sp³-hybridized carbons (Fsp3) is 0.273. The number of hydrogen-bond donors (Lipinski definition) is 2. The number of carboxylic acids is 2. The monoisotopic (exact) mass is 367 g/mol. The van der Waals surface area contributed by atoms with Gasteiger partial charge in [0.1, 0.15) is 0 Å². The topological polar surface area (TPSA) is 77.8 Å². The van der Waals surface area contributed by atoms with Crippen molar-refractivity contribution in [3.8, 4) is 0 Å². The molecule has 27 heavy (non-hydrogen) atoms. The van der Waals surface area contributed by atoms with Gasteiger partial charge in [-0.15, -0.1) is 13.2 Å². The van der Waals surface area contributed by atoms with Crippen LogP contribution in [0.15, 0.2) is 72.1 Å². The van der Waals surface area contributed by atoms with Gasteiger partial charge in [0, 0.05) is 17.9 Å². The van der Waals surface area contributed by atoms with Crippen LogP contribution >= 0.6 is 0 Å². The molecule has 1 aliphatic heterocycles. The molecule has 0 fully saturated rings. The van der Waals surface area contributed by atoms with E-state index >= 15 is 0 Å². The zero-order chi connectivity index (χ0) is 20.4. The van der Waals surface area contributed by atoms with Crippen molar-refractivity contribution in [2.75, 3.05) is 6.54 Å². The first-order chi connectivity index (χ1) is 12.7. The van der Waals surface area contributed by atoms with E-state index in [1.165, 1.54) is 0 Å². The second kappa shape index (κ2) is 7.66. The highest BCUT2D eigenvalue weighted by Gasteiger charge is 2.51. The first-order valence-corrected chi connectivity index (χ1v) is 8.68. The second-order valence-electron chi connectivity index (χ2n) is 6.69. The van der Waals surface area contributed by atoms with Crippen molar-refractivity contribution < 1.29 is 19.8 Å². The van der Waals surface area contributed by atoms with Crippen LogP contribution in [-0.4, -0.2) is 33.6 Å². The van der Waals surface area contributed by atoms with Gasteiger partial charge < -0.3 is 15.1 Å². The number of hydrogen-bond acceptors (Lipinski definition) is 3. The third kappa shape index (κ3) is 3.21. The van der Waals surface area contributed by atoms with Crippen molar-refractivity contribution in [3.05, 3.63) is 83.2 Å². The maximum atomic E-state index is 12.4. The predicted octanol–water partition coefficient (Wildman–Crippen LogP) is 4.03. The summed E-state index contributed by atoms with van der Waals surface area (Å²) in [6.07, 6.45) is 3.36. The fourth-order valence-electron chi connectivity index (χ4n) is 4.01. The molecule has 0 spiro atoms. The molecule has 0 radical (unpaired) electrons. The van der Waals surface area contributed by atoms with Crippen LogP contribution in [0.1, 0.15) is 31.4 Å². The Labute approximate surface area is 159 Å². The first kappa shape index (κ1) is 20.2. The van der Waals surface area contributed by atoms with Crippen molar-refractivity contribution in [2.45, 2.75) is 32.6 Å². The first-order valence-electron chi connectivity index (χ1n) is 8.68. The van der Waals surface area contributed by atoms with E-state index in [4.69, 9.17) is 0 Å². The van der Waals surface area contributed by atoms with Gasteiger partial charge in [-0.05, 0) is 32.8 Å². The van der Waals surface area contributed by atoms with Crippen LogP contribution in [0.4, 0.5) is 0 Å². The minimum absolute atomic E-state index is 0.0519. The third-order valence-corrected chi connectivity index (χ3v) is 5.12. The molecule has 1 aromatic rings. The highest BCUT2D eigenvalue weighted by atomic mass is 16.4. The lowest BCUT2D eigenvalue weighted by atomic mass is 9.63. The Morgan fingerprint density at radius 3 is 1.81 bits per heavy atom. The molecule has 1 heterocycles. The van der Waals surface area contributed by atoms with Crippen LogP contribution in [0.3, 0.4) is 0 Å². The number of carboxylic acid groups (broad SMARTS) is 2. The number of aliphatic carboxylic acids is 2. The van der Waals surface area contributed by atoms with E-state index in [0.717, 1.165) is 5.56 Å². The second-order valence-corrected chi connectivity index (χ2v) is 6.69. The molecule has 0 aliphatic carbocycles. The van der Waals surface area contributed by atoms with Crippen LogP contribution in [-0.2, 0) is 15.0 Å². The largest absolute Gasteiger partial charge is 0.478 e. The van der Waals surface area contributed by atoms with Crippen LogP contribution in [0.25, 0.3) is 0 Å². The average molecular weight is 367 g/mol. The minimum Gasteiger partial charge on any atom is -0.478 e. The lowest BCUT2D eigenvalue weighted by Crippen LogP contribution is -2.45. The van der Waals surface area contributed by atoms with Gasteiger partial charge in [0.15, 0.2) is 0 Å². The van der Waals surface area contributed by atoms with E-state index in [0.29, 0.717) is 23.5 Å². The van der Waals surface area contributed by atoms with Gasteiger partial charge in [0.05, 0.1) is 16.6 Å². The van der Waals surface area contributed by atoms with Gasteiger partial charge >= 0.3 is 11.9 Å². The van der Waals surface area contributed by atoms with Crippen LogP contribution in [0, 0.1) is 6.92 Å². The highest BCUT2D eigenvalue weighted by molar-refractivity contribution is 6.00. The number of rotatable bonds is 7. The van der Waals surface area contributed by atoms with Gasteiger partial charge in [-0.1, -0.05) is 42.0 Å². The summed E-state index contributed by atoms with van der Waals surface area (Å²) in [7, 11) is 0. The molecule has 0 atom stereocenters. The van der Waals surface area contributed by atoms with Crippen LogP contribution < -0.4 is 0 Å². The molecule has 2 N–H and O–H groups in total. The molecule has 2 rings (SSSR count). The number of aryl methyl sites for hydroxylation is 1. The number of allylic oxidation sites excluding steroid dienone is 3. The molecule has 5 nitrogen and oxygen atoms in total. The van der Waals surface area contributed by atoms with Gasteiger partial charge in [-0.2, -0.15) is 0 Å². The predicted molar refractivity (Wildman–Crippen MR) is 105 cm³/mol. The summed E-state index contributed by atoms with van der Waals surface area (Å²) in [4.78, 5) is 26.4. The summed E-state index contributed by atoms with van der Waals surface area (Å²) in [5, 5.41) is 20.2. The van der Waals surface area contributed by atoms with Crippen molar-refractivity contribution in [1.29, 1.82) is 0 Å². The summed E-state index contributed by atoms with van der Waals surface area (Å²) in [6, 6.07) is 7.32. The molecule has 0 unspecified atom stereocenters. The lowest BCUT2D eigenvalue weighted by molar-refractivity contribution is -0.134. The molecule has 0 saturated heterocycles. The van der Waals surface area contributed by atoms with Crippen molar-refractivity contribution in [2.24, 2.45) is 0 Å². The molecule has 1 aliphatic rings. The molecule has 0 bridgehead atoms. The number of carbonyl (C=O) groups is 2. The number of nitrogens with zero attached hydrogens (tertiary/aromatic N) is 1. The van der Waals surface area contributed by atoms with Gasteiger partial charge in [0.2, 0.25) is 0 Å². The molecule has 0 aromatic heterocycles. The summed E-state index contributed by atoms with van der Waals surface area (Å²) >= 11 is 0. The van der Waals surface area contributed by atoms with E-state index in [1.54, 1.807) is 43.0 Å². The SMILES string of the molecule is C=CCN1C(C)=C(C(=O)O)C(CC=C)(c2ccc(C)cc2)C(C(=O)O)=C1C. The molecule has 0 saturated carbocycles. The summed E-state index contributed by atoms with van der Waals surface area (Å²) < 4.78 is 0. The quantitative estimate of drug-likeness (QED) is 0.712. The standard InChI is InChI=1S/C22H25NO4/c1-6-12-22(17-10-8-14(3)9-11-17)18(20(24)25)15(4)23(13-7-2)16(5)19(22)21(26)27/h6-11H,1-2,12-13H2,3-5H3,(H,24,25)(H,26,27). The number of benzene rings is 1. The third-order valence-electron chi connectivity index (χ3n) is 5.12. The van der Waals surface area contributed by atoms with Gasteiger partial charge in [-0.3, -0.25) is 0 Å².